The molecule has 0 saturated carbocycles. The Hall–Kier alpha value is -3.85. The number of hydrogen-bond donors (Lipinski definition) is 5. The summed E-state index contributed by atoms with van der Waals surface area (Å²) in [5, 5.41) is 22.4. The summed E-state index contributed by atoms with van der Waals surface area (Å²) in [4.78, 5) is 15.2. The summed E-state index contributed by atoms with van der Waals surface area (Å²) in [6.07, 6.45) is 4.32. The number of amides is 1. The number of hydrazone groups is 1. The van der Waals surface area contributed by atoms with Crippen LogP contribution in [0.3, 0.4) is 0 Å². The van der Waals surface area contributed by atoms with E-state index in [-0.39, 0.29) is 17.7 Å². The van der Waals surface area contributed by atoms with Gasteiger partial charge in [0.05, 0.1) is 29.7 Å². The zero-order valence-electron chi connectivity index (χ0n) is 18.5. The molecule has 5 N–H and O–H groups in total. The summed E-state index contributed by atoms with van der Waals surface area (Å²) in [6, 6.07) is 12.4. The number of aryl methyl sites for hydroxylation is 1. The summed E-state index contributed by atoms with van der Waals surface area (Å²) in [5.74, 6) is 0.127. The van der Waals surface area contributed by atoms with Gasteiger partial charge >= 0.3 is 0 Å². The molecule has 2 aromatic rings. The van der Waals surface area contributed by atoms with Crippen molar-refractivity contribution >= 4 is 29.7 Å². The Morgan fingerprint density at radius 3 is 2.75 bits per heavy atom. The molecule has 1 aliphatic heterocycles. The number of phenolic OH excluding ortho intramolecular Hbond substituents is 1. The lowest BCUT2D eigenvalue weighted by Gasteiger charge is -2.31. The summed E-state index contributed by atoms with van der Waals surface area (Å²) in [5.41, 5.74) is 13.0. The second kappa shape index (κ2) is 10.5. The van der Waals surface area contributed by atoms with E-state index in [1.54, 1.807) is 12.1 Å². The van der Waals surface area contributed by atoms with Crippen LogP contribution in [0.1, 0.15) is 35.3 Å². The lowest BCUT2D eigenvalue weighted by Crippen LogP contribution is -2.48. The van der Waals surface area contributed by atoms with Crippen molar-refractivity contribution in [1.82, 2.24) is 20.9 Å². The fourth-order valence-corrected chi connectivity index (χ4v) is 3.51. The van der Waals surface area contributed by atoms with E-state index in [9.17, 15) is 9.90 Å². The number of phenols is 1. The number of hydrazine groups is 2. The van der Waals surface area contributed by atoms with Gasteiger partial charge in [-0.3, -0.25) is 15.2 Å². The van der Waals surface area contributed by atoms with Gasteiger partial charge in [0.15, 0.2) is 0 Å². The monoisotopic (exact) mass is 435 g/mol. The van der Waals surface area contributed by atoms with Crippen LogP contribution in [0.25, 0.3) is 5.70 Å². The van der Waals surface area contributed by atoms with Gasteiger partial charge < -0.3 is 20.8 Å². The molecule has 1 heterocycles. The van der Waals surface area contributed by atoms with Crippen molar-refractivity contribution in [2.45, 2.75) is 26.8 Å². The van der Waals surface area contributed by atoms with E-state index in [4.69, 9.17) is 5.41 Å². The molecular formula is C23H29N7O2. The van der Waals surface area contributed by atoms with Crippen molar-refractivity contribution < 1.29 is 9.90 Å². The third kappa shape index (κ3) is 5.44. The third-order valence-electron chi connectivity index (χ3n) is 5.13. The minimum atomic E-state index is -0.0915. The number of likely N-dealkylation sites (N-methyl/N-ethyl adjacent to an activating group) is 1. The summed E-state index contributed by atoms with van der Waals surface area (Å²) in [7, 11) is 0. The molecule has 0 unspecified atom stereocenters. The highest BCUT2D eigenvalue weighted by Crippen LogP contribution is 2.22. The summed E-state index contributed by atoms with van der Waals surface area (Å²) >= 11 is 0. The second-order valence-corrected chi connectivity index (χ2v) is 7.52. The lowest BCUT2D eigenvalue weighted by atomic mass is 10.1. The number of hydrogen-bond acceptors (Lipinski definition) is 8. The highest BCUT2D eigenvalue weighted by atomic mass is 16.3. The Bertz CT molecular complexity index is 1020. The molecule has 0 radical (unpaired) electrons. The highest BCUT2D eigenvalue weighted by Gasteiger charge is 2.25. The molecule has 9 heteroatoms. The van der Waals surface area contributed by atoms with Gasteiger partial charge in [0.2, 0.25) is 0 Å². The molecule has 2 aromatic carbocycles. The molecule has 1 amide bonds. The molecule has 0 spiro atoms. The highest BCUT2D eigenvalue weighted by molar-refractivity contribution is 6.14. The van der Waals surface area contributed by atoms with E-state index in [1.165, 1.54) is 6.21 Å². The van der Waals surface area contributed by atoms with E-state index in [0.29, 0.717) is 24.3 Å². The van der Waals surface area contributed by atoms with Crippen LogP contribution in [0.15, 0.2) is 53.8 Å². The summed E-state index contributed by atoms with van der Waals surface area (Å²) in [6.45, 7) is 7.02. The Labute approximate surface area is 187 Å². The van der Waals surface area contributed by atoms with E-state index < -0.39 is 0 Å². The Morgan fingerprint density at radius 1 is 1.31 bits per heavy atom. The average molecular weight is 436 g/mol. The number of aromatic hydroxyl groups is 1. The number of anilines is 1. The van der Waals surface area contributed by atoms with Crippen molar-refractivity contribution in [2.24, 2.45) is 5.10 Å². The molecule has 0 aliphatic carbocycles. The average Bonchev–Trinajstić information content (AvgIpc) is 3.24. The summed E-state index contributed by atoms with van der Waals surface area (Å²) < 4.78 is 0. The van der Waals surface area contributed by atoms with Gasteiger partial charge in [0, 0.05) is 30.6 Å². The number of rotatable bonds is 9. The maximum atomic E-state index is 13.4. The number of nitrogens with one attached hydrogen (secondary N) is 4. The van der Waals surface area contributed by atoms with Gasteiger partial charge in [-0.2, -0.15) is 5.10 Å². The van der Waals surface area contributed by atoms with Crippen molar-refractivity contribution in [3.8, 4) is 5.75 Å². The van der Waals surface area contributed by atoms with Crippen molar-refractivity contribution in [2.75, 3.05) is 18.5 Å². The lowest BCUT2D eigenvalue weighted by molar-refractivity contribution is 0.0661. The molecule has 0 saturated heterocycles. The smallest absolute Gasteiger partial charge is 0.256 e. The van der Waals surface area contributed by atoms with E-state index in [1.807, 2.05) is 67.2 Å². The standard InChI is InChI=1S/C23H29N7O2/c1-4-30(23(32)20-13-16(2)5-10-21(20)26-25-12-11-24)17(3)14-29-15-22(27-28-29)18-6-8-19(31)9-7-18/h5-13,15,17,24,26-28,31H,4,14H2,1-3H3/b24-11?,25-12-/t17-/m0/s1. The normalized spacial score (nSPS) is 14.1. The van der Waals surface area contributed by atoms with Gasteiger partial charge in [-0.25, -0.2) is 0 Å². The second-order valence-electron chi connectivity index (χ2n) is 7.52. The van der Waals surface area contributed by atoms with Crippen LogP contribution in [0, 0.1) is 12.3 Å². The molecule has 32 heavy (non-hydrogen) atoms. The van der Waals surface area contributed by atoms with Gasteiger partial charge in [-0.1, -0.05) is 11.6 Å². The topological polar surface area (TPSA) is 116 Å². The first-order valence-electron chi connectivity index (χ1n) is 10.4. The first kappa shape index (κ1) is 22.8. The van der Waals surface area contributed by atoms with Crippen LogP contribution in [-0.2, 0) is 0 Å². The van der Waals surface area contributed by atoms with Gasteiger partial charge in [0.25, 0.3) is 5.91 Å². The SMILES string of the molecule is CCN(C(=O)c1cc(C)ccc1N/N=C\C=N)[C@@H](C)CN1C=C(c2ccc(O)cc2)NN1. The van der Waals surface area contributed by atoms with Crippen molar-refractivity contribution in [3.05, 3.63) is 65.4 Å². The Balaban J connectivity index is 1.73. The fraction of sp³-hybridized carbons (Fsp3) is 0.261. The third-order valence-corrected chi connectivity index (χ3v) is 5.13. The quantitative estimate of drug-likeness (QED) is 0.306. The molecule has 0 bridgehead atoms. The predicted octanol–water partition coefficient (Wildman–Crippen LogP) is 2.92. The van der Waals surface area contributed by atoms with Gasteiger partial charge in [-0.15, -0.1) is 5.53 Å². The zero-order valence-corrected chi connectivity index (χ0v) is 18.5. The maximum Gasteiger partial charge on any atom is 0.256 e. The molecular weight excluding hydrogens is 406 g/mol. The van der Waals surface area contributed by atoms with Crippen LogP contribution in [0.4, 0.5) is 5.69 Å². The minimum absolute atomic E-state index is 0.0874. The predicted molar refractivity (Wildman–Crippen MR) is 127 cm³/mol. The van der Waals surface area contributed by atoms with Crippen LogP contribution >= 0.6 is 0 Å². The van der Waals surface area contributed by atoms with Crippen LogP contribution in [0.2, 0.25) is 0 Å². The molecule has 1 aliphatic rings. The van der Waals surface area contributed by atoms with Gasteiger partial charge in [0.1, 0.15) is 5.75 Å². The molecule has 0 fully saturated rings. The van der Waals surface area contributed by atoms with E-state index in [2.05, 4.69) is 21.5 Å². The van der Waals surface area contributed by atoms with Crippen LogP contribution < -0.4 is 16.4 Å². The van der Waals surface area contributed by atoms with Crippen molar-refractivity contribution in [1.29, 1.82) is 5.41 Å². The Kier molecular flexibility index (Phi) is 7.45. The first-order chi connectivity index (χ1) is 15.4. The number of carbonyl (C=O) groups excluding carboxylic acids is 1. The largest absolute Gasteiger partial charge is 0.508 e. The number of nitrogens with zero attached hydrogens (tertiary/aromatic N) is 3. The zero-order chi connectivity index (χ0) is 23.1. The first-order valence-corrected chi connectivity index (χ1v) is 10.4. The minimum Gasteiger partial charge on any atom is -0.508 e. The maximum absolute atomic E-state index is 13.4. The van der Waals surface area contributed by atoms with Gasteiger partial charge in [-0.05, 0) is 57.2 Å². The molecule has 1 atom stereocenters. The van der Waals surface area contributed by atoms with Crippen LogP contribution in [-0.4, -0.2) is 52.5 Å². The Morgan fingerprint density at radius 2 is 2.06 bits per heavy atom. The molecule has 3 rings (SSSR count). The number of benzene rings is 2. The molecule has 9 nitrogen and oxygen atoms in total. The molecule has 0 aromatic heterocycles. The van der Waals surface area contributed by atoms with E-state index >= 15 is 0 Å². The fourth-order valence-electron chi connectivity index (χ4n) is 3.51. The van der Waals surface area contributed by atoms with E-state index in [0.717, 1.165) is 23.0 Å². The molecule has 168 valence electrons. The van der Waals surface area contributed by atoms with Crippen LogP contribution in [0.5, 0.6) is 5.75 Å². The number of carbonyl (C=O) groups is 1. The van der Waals surface area contributed by atoms with Crippen molar-refractivity contribution in [3.63, 3.8) is 0 Å².